The maximum absolute atomic E-state index is 4.49. The number of anilines is 1. The van der Waals surface area contributed by atoms with Gasteiger partial charge in [-0.15, -0.1) is 0 Å². The van der Waals surface area contributed by atoms with E-state index in [1.807, 2.05) is 6.07 Å². The Balaban J connectivity index is 2.15. The molecule has 0 saturated heterocycles. The molecule has 0 fully saturated rings. The monoisotopic (exact) mass is 257 g/mol. The summed E-state index contributed by atoms with van der Waals surface area (Å²) in [5, 5.41) is 5.50. The molecule has 1 aliphatic rings. The van der Waals surface area contributed by atoms with Crippen LogP contribution in [0.1, 0.15) is 5.56 Å². The SMILES string of the molecule is Cc1cc2cccc3c2c(c1-c1ccccc1)N=[C]N3. The van der Waals surface area contributed by atoms with Crippen LogP contribution >= 0.6 is 0 Å². The first kappa shape index (κ1) is 11.2. The molecule has 1 N–H and O–H groups in total. The van der Waals surface area contributed by atoms with Gasteiger partial charge in [0.25, 0.3) is 0 Å². The van der Waals surface area contributed by atoms with Crippen molar-refractivity contribution in [2.75, 3.05) is 5.32 Å². The molecule has 2 heteroatoms. The maximum Gasteiger partial charge on any atom is 0.174 e. The first-order valence-corrected chi connectivity index (χ1v) is 6.68. The summed E-state index contributed by atoms with van der Waals surface area (Å²) < 4.78 is 0. The van der Waals surface area contributed by atoms with Gasteiger partial charge in [0.1, 0.15) is 0 Å². The molecule has 0 saturated carbocycles. The van der Waals surface area contributed by atoms with E-state index in [1.54, 1.807) is 0 Å². The molecule has 0 amide bonds. The van der Waals surface area contributed by atoms with Crippen molar-refractivity contribution >= 4 is 28.5 Å². The molecule has 3 aromatic rings. The van der Waals surface area contributed by atoms with Gasteiger partial charge in [-0.1, -0.05) is 48.5 Å². The smallest absolute Gasteiger partial charge is 0.174 e. The fourth-order valence-electron chi connectivity index (χ4n) is 2.90. The molecule has 95 valence electrons. The number of hydrogen-bond donors (Lipinski definition) is 1. The van der Waals surface area contributed by atoms with E-state index in [4.69, 9.17) is 0 Å². The standard InChI is InChI=1S/C18H13N2/c1-12-10-14-8-5-9-15-17(14)18(20-11-19-15)16(12)13-6-3-2-4-7-13/h2-10H,1H3,(H,19,20). The summed E-state index contributed by atoms with van der Waals surface area (Å²) in [7, 11) is 0. The molecule has 0 unspecified atom stereocenters. The summed E-state index contributed by atoms with van der Waals surface area (Å²) >= 11 is 0. The normalized spacial score (nSPS) is 12.4. The number of aryl methyl sites for hydroxylation is 1. The molecule has 0 bridgehead atoms. The lowest BCUT2D eigenvalue weighted by Gasteiger charge is -2.18. The lowest BCUT2D eigenvalue weighted by molar-refractivity contribution is 1.44. The quantitative estimate of drug-likeness (QED) is 0.666. The van der Waals surface area contributed by atoms with Crippen LogP contribution in [0.3, 0.4) is 0 Å². The molecule has 2 nitrogen and oxygen atoms in total. The van der Waals surface area contributed by atoms with Crippen LogP contribution in [-0.4, -0.2) is 6.34 Å². The van der Waals surface area contributed by atoms with Crippen LogP contribution in [0.2, 0.25) is 0 Å². The van der Waals surface area contributed by atoms with E-state index in [0.717, 1.165) is 11.4 Å². The zero-order valence-corrected chi connectivity index (χ0v) is 11.1. The highest BCUT2D eigenvalue weighted by molar-refractivity contribution is 6.13. The highest BCUT2D eigenvalue weighted by atomic mass is 15.0. The minimum absolute atomic E-state index is 1.01. The Hall–Kier alpha value is -2.61. The fraction of sp³-hybridized carbons (Fsp3) is 0.0556. The number of aliphatic imine (C=N–C) groups is 1. The second-order valence-electron chi connectivity index (χ2n) is 5.04. The largest absolute Gasteiger partial charge is 0.337 e. The van der Waals surface area contributed by atoms with E-state index < -0.39 is 0 Å². The number of hydrogen-bond acceptors (Lipinski definition) is 2. The number of nitrogens with zero attached hydrogens (tertiary/aromatic N) is 1. The minimum Gasteiger partial charge on any atom is -0.337 e. The van der Waals surface area contributed by atoms with E-state index in [0.29, 0.717) is 0 Å². The first-order chi connectivity index (χ1) is 9.84. The van der Waals surface area contributed by atoms with E-state index in [2.05, 4.69) is 72.1 Å². The summed E-state index contributed by atoms with van der Waals surface area (Å²) in [6.45, 7) is 2.14. The second-order valence-corrected chi connectivity index (χ2v) is 5.04. The summed E-state index contributed by atoms with van der Waals surface area (Å²) in [5.41, 5.74) is 5.72. The van der Waals surface area contributed by atoms with Gasteiger partial charge in [-0.2, -0.15) is 0 Å². The maximum atomic E-state index is 4.49. The third-order valence-electron chi connectivity index (χ3n) is 3.76. The molecular formula is C18H13N2. The van der Waals surface area contributed by atoms with Gasteiger partial charge in [0.15, 0.2) is 6.34 Å². The lowest BCUT2D eigenvalue weighted by Crippen LogP contribution is -2.01. The van der Waals surface area contributed by atoms with Crippen LogP contribution in [0.15, 0.2) is 59.6 Å². The summed E-state index contributed by atoms with van der Waals surface area (Å²) in [4.78, 5) is 4.49. The summed E-state index contributed by atoms with van der Waals surface area (Å²) in [6, 6.07) is 18.9. The highest BCUT2D eigenvalue weighted by Gasteiger charge is 2.17. The number of rotatable bonds is 1. The van der Waals surface area contributed by atoms with Crippen molar-refractivity contribution in [3.63, 3.8) is 0 Å². The molecule has 1 heterocycles. The van der Waals surface area contributed by atoms with Crippen molar-refractivity contribution in [2.45, 2.75) is 6.92 Å². The van der Waals surface area contributed by atoms with Crippen LogP contribution in [0, 0.1) is 6.92 Å². The Bertz CT molecular complexity index is 833. The van der Waals surface area contributed by atoms with Gasteiger partial charge >= 0.3 is 0 Å². The third-order valence-corrected chi connectivity index (χ3v) is 3.76. The van der Waals surface area contributed by atoms with Crippen LogP contribution < -0.4 is 5.32 Å². The van der Waals surface area contributed by atoms with Crippen molar-refractivity contribution < 1.29 is 0 Å². The van der Waals surface area contributed by atoms with Crippen molar-refractivity contribution in [1.29, 1.82) is 0 Å². The van der Waals surface area contributed by atoms with Gasteiger partial charge in [-0.3, -0.25) is 0 Å². The first-order valence-electron chi connectivity index (χ1n) is 6.68. The number of nitrogens with one attached hydrogen (secondary N) is 1. The molecule has 0 aliphatic carbocycles. The Morgan fingerprint density at radius 1 is 1.00 bits per heavy atom. The number of benzene rings is 3. The average Bonchev–Trinajstić information content (AvgIpc) is 2.49. The molecule has 4 rings (SSSR count). The molecule has 3 aromatic carbocycles. The molecule has 0 atom stereocenters. The molecule has 0 spiro atoms. The van der Waals surface area contributed by atoms with Gasteiger partial charge in [0.2, 0.25) is 0 Å². The Labute approximate surface area is 117 Å². The van der Waals surface area contributed by atoms with Gasteiger partial charge in [-0.05, 0) is 29.5 Å². The van der Waals surface area contributed by atoms with Crippen molar-refractivity contribution in [3.8, 4) is 11.1 Å². The zero-order valence-electron chi connectivity index (χ0n) is 11.1. The van der Waals surface area contributed by atoms with E-state index in [1.165, 1.54) is 27.5 Å². The predicted octanol–water partition coefficient (Wildman–Crippen LogP) is 4.78. The van der Waals surface area contributed by atoms with E-state index in [-0.39, 0.29) is 0 Å². The van der Waals surface area contributed by atoms with Crippen LogP contribution in [0.5, 0.6) is 0 Å². The van der Waals surface area contributed by atoms with Gasteiger partial charge in [-0.25, -0.2) is 4.99 Å². The highest BCUT2D eigenvalue weighted by Crippen LogP contribution is 2.43. The predicted molar refractivity (Wildman–Crippen MR) is 84.8 cm³/mol. The topological polar surface area (TPSA) is 24.4 Å². The third kappa shape index (κ3) is 1.55. The van der Waals surface area contributed by atoms with Gasteiger partial charge in [0, 0.05) is 16.6 Å². The van der Waals surface area contributed by atoms with Crippen LogP contribution in [-0.2, 0) is 0 Å². The average molecular weight is 257 g/mol. The Morgan fingerprint density at radius 3 is 2.70 bits per heavy atom. The van der Waals surface area contributed by atoms with E-state index in [9.17, 15) is 0 Å². The molecule has 20 heavy (non-hydrogen) atoms. The summed E-state index contributed by atoms with van der Waals surface area (Å²) in [6.07, 6.45) is 2.91. The minimum atomic E-state index is 1.01. The van der Waals surface area contributed by atoms with Crippen molar-refractivity contribution in [3.05, 3.63) is 60.2 Å². The Morgan fingerprint density at radius 2 is 1.85 bits per heavy atom. The van der Waals surface area contributed by atoms with Crippen LogP contribution in [0.25, 0.3) is 21.9 Å². The lowest BCUT2D eigenvalue weighted by atomic mass is 9.93. The molecular weight excluding hydrogens is 244 g/mol. The summed E-state index contributed by atoms with van der Waals surface area (Å²) in [5.74, 6) is 0. The Kier molecular flexibility index (Phi) is 2.36. The zero-order chi connectivity index (χ0) is 13.5. The molecule has 1 radical (unpaired) electrons. The van der Waals surface area contributed by atoms with Gasteiger partial charge < -0.3 is 5.32 Å². The molecule has 0 aromatic heterocycles. The van der Waals surface area contributed by atoms with Gasteiger partial charge in [0.05, 0.1) is 5.69 Å². The van der Waals surface area contributed by atoms with Crippen molar-refractivity contribution in [1.82, 2.24) is 0 Å². The van der Waals surface area contributed by atoms with Crippen molar-refractivity contribution in [2.24, 2.45) is 4.99 Å². The molecule has 1 aliphatic heterocycles. The fourth-order valence-corrected chi connectivity index (χ4v) is 2.90. The van der Waals surface area contributed by atoms with Crippen LogP contribution in [0.4, 0.5) is 11.4 Å². The van der Waals surface area contributed by atoms with E-state index >= 15 is 0 Å². The second kappa shape index (κ2) is 4.20.